The van der Waals surface area contributed by atoms with Crippen molar-refractivity contribution in [3.05, 3.63) is 52.9 Å². The van der Waals surface area contributed by atoms with Crippen molar-refractivity contribution < 1.29 is 13.2 Å². The van der Waals surface area contributed by atoms with Crippen LogP contribution in [0, 0.1) is 0 Å². The summed E-state index contributed by atoms with van der Waals surface area (Å²) in [6.07, 6.45) is 0.901. The molecule has 0 radical (unpaired) electrons. The lowest BCUT2D eigenvalue weighted by atomic mass is 10.3. The minimum atomic E-state index is -3.75. The molecule has 0 atom stereocenters. The second-order valence-electron chi connectivity index (χ2n) is 5.26. The maximum atomic E-state index is 12.5. The highest BCUT2D eigenvalue weighted by Gasteiger charge is 2.15. The van der Waals surface area contributed by atoms with Crippen LogP contribution in [0.3, 0.4) is 0 Å². The van der Waals surface area contributed by atoms with E-state index in [0.717, 1.165) is 6.42 Å². The van der Waals surface area contributed by atoms with Gasteiger partial charge in [-0.3, -0.25) is 4.72 Å². The van der Waals surface area contributed by atoms with Crippen molar-refractivity contribution in [2.75, 3.05) is 11.3 Å². The van der Waals surface area contributed by atoms with Gasteiger partial charge >= 0.3 is 5.69 Å². The largest absolute Gasteiger partial charge is 0.494 e. The summed E-state index contributed by atoms with van der Waals surface area (Å²) in [5.41, 5.74) is 1.04. The molecule has 3 N–H and O–H groups in total. The fraction of sp³-hybridized carbons (Fsp3) is 0.188. The van der Waals surface area contributed by atoms with Crippen molar-refractivity contribution >= 4 is 26.7 Å². The van der Waals surface area contributed by atoms with Gasteiger partial charge in [-0.1, -0.05) is 6.92 Å². The van der Waals surface area contributed by atoms with Gasteiger partial charge < -0.3 is 14.7 Å². The third-order valence-electron chi connectivity index (χ3n) is 3.38. The molecule has 24 heavy (non-hydrogen) atoms. The summed E-state index contributed by atoms with van der Waals surface area (Å²) in [5, 5.41) is 0. The van der Waals surface area contributed by atoms with E-state index in [1.807, 2.05) is 6.92 Å². The number of rotatable bonds is 6. The first-order valence-corrected chi connectivity index (χ1v) is 8.94. The standard InChI is InChI=1S/C16H17N3O4S/c1-2-9-23-12-5-3-11(4-6-12)19-24(21,22)13-7-8-14-15(10-13)18-16(20)17-14/h3-8,10,19H,2,9H2,1H3,(H2,17,18,20). The SMILES string of the molecule is CCCOc1ccc(NS(=O)(=O)c2ccc3[nH]c(=O)[nH]c3c2)cc1. The lowest BCUT2D eigenvalue weighted by Crippen LogP contribution is -2.12. The fourth-order valence-corrected chi connectivity index (χ4v) is 3.32. The highest BCUT2D eigenvalue weighted by molar-refractivity contribution is 7.92. The van der Waals surface area contributed by atoms with Gasteiger partial charge in [0.1, 0.15) is 5.75 Å². The van der Waals surface area contributed by atoms with Crippen molar-refractivity contribution in [3.8, 4) is 5.75 Å². The van der Waals surface area contributed by atoms with Gasteiger partial charge in [-0.2, -0.15) is 0 Å². The van der Waals surface area contributed by atoms with Crippen LogP contribution in [-0.4, -0.2) is 25.0 Å². The molecule has 3 rings (SSSR count). The summed E-state index contributed by atoms with van der Waals surface area (Å²) in [7, 11) is -3.75. The van der Waals surface area contributed by atoms with Gasteiger partial charge in [0.05, 0.1) is 22.5 Å². The second-order valence-corrected chi connectivity index (χ2v) is 6.95. The molecule has 0 bridgehead atoms. The number of aromatic amines is 2. The van der Waals surface area contributed by atoms with Crippen LogP contribution in [0.1, 0.15) is 13.3 Å². The number of ether oxygens (including phenoxy) is 1. The zero-order valence-electron chi connectivity index (χ0n) is 13.0. The van der Waals surface area contributed by atoms with Crippen molar-refractivity contribution in [1.29, 1.82) is 0 Å². The Bertz CT molecular complexity index is 1000. The average molecular weight is 347 g/mol. The van der Waals surface area contributed by atoms with E-state index in [-0.39, 0.29) is 10.6 Å². The third-order valence-corrected chi connectivity index (χ3v) is 4.76. The number of nitrogens with one attached hydrogen (secondary N) is 3. The van der Waals surface area contributed by atoms with Crippen molar-refractivity contribution in [1.82, 2.24) is 9.97 Å². The number of benzene rings is 2. The molecule has 0 aliphatic rings. The van der Waals surface area contributed by atoms with Crippen LogP contribution in [-0.2, 0) is 10.0 Å². The van der Waals surface area contributed by atoms with Gasteiger partial charge in [-0.25, -0.2) is 13.2 Å². The Labute approximate surface area is 138 Å². The molecule has 126 valence electrons. The van der Waals surface area contributed by atoms with Gasteiger partial charge in [0, 0.05) is 5.69 Å². The van der Waals surface area contributed by atoms with E-state index in [1.54, 1.807) is 30.3 Å². The van der Waals surface area contributed by atoms with E-state index < -0.39 is 10.0 Å². The molecule has 0 fully saturated rings. The minimum Gasteiger partial charge on any atom is -0.494 e. The molecule has 8 heteroatoms. The highest BCUT2D eigenvalue weighted by Crippen LogP contribution is 2.21. The number of hydrogen-bond donors (Lipinski definition) is 3. The Morgan fingerprint density at radius 3 is 2.46 bits per heavy atom. The lowest BCUT2D eigenvalue weighted by molar-refractivity contribution is 0.317. The number of imidazole rings is 1. The number of anilines is 1. The molecule has 0 aliphatic carbocycles. The van der Waals surface area contributed by atoms with Crippen molar-refractivity contribution in [2.45, 2.75) is 18.2 Å². The van der Waals surface area contributed by atoms with E-state index >= 15 is 0 Å². The summed E-state index contributed by atoms with van der Waals surface area (Å²) in [6, 6.07) is 11.1. The van der Waals surface area contributed by atoms with Gasteiger partial charge in [-0.15, -0.1) is 0 Å². The second kappa shape index (κ2) is 6.40. The Hall–Kier alpha value is -2.74. The van der Waals surface area contributed by atoms with Gasteiger partial charge in [0.25, 0.3) is 10.0 Å². The Morgan fingerprint density at radius 2 is 1.75 bits per heavy atom. The maximum absolute atomic E-state index is 12.5. The van der Waals surface area contributed by atoms with Crippen LogP contribution < -0.4 is 15.1 Å². The van der Waals surface area contributed by atoms with E-state index in [0.29, 0.717) is 29.1 Å². The number of H-pyrrole nitrogens is 2. The molecule has 2 aromatic carbocycles. The monoisotopic (exact) mass is 347 g/mol. The van der Waals surface area contributed by atoms with Crippen LogP contribution in [0.5, 0.6) is 5.75 Å². The molecule has 0 amide bonds. The Kier molecular flexibility index (Phi) is 4.30. The molecule has 7 nitrogen and oxygen atoms in total. The smallest absolute Gasteiger partial charge is 0.323 e. The van der Waals surface area contributed by atoms with Crippen molar-refractivity contribution in [3.63, 3.8) is 0 Å². The zero-order chi connectivity index (χ0) is 17.2. The summed E-state index contributed by atoms with van der Waals surface area (Å²) in [4.78, 5) is 16.4. The third kappa shape index (κ3) is 3.43. The van der Waals surface area contributed by atoms with Crippen LogP contribution >= 0.6 is 0 Å². The number of aromatic nitrogens is 2. The molecule has 1 aromatic heterocycles. The quantitative estimate of drug-likeness (QED) is 0.637. The minimum absolute atomic E-state index is 0.0663. The van der Waals surface area contributed by atoms with E-state index in [4.69, 9.17) is 4.74 Å². The Morgan fingerprint density at radius 1 is 1.04 bits per heavy atom. The normalized spacial score (nSPS) is 11.5. The summed E-state index contributed by atoms with van der Waals surface area (Å²) < 4.78 is 32.9. The van der Waals surface area contributed by atoms with Gasteiger partial charge in [0.2, 0.25) is 0 Å². The molecular formula is C16H17N3O4S. The zero-order valence-corrected chi connectivity index (χ0v) is 13.8. The predicted molar refractivity (Wildman–Crippen MR) is 92.0 cm³/mol. The molecule has 3 aromatic rings. The predicted octanol–water partition coefficient (Wildman–Crippen LogP) is 2.45. The molecule has 0 spiro atoms. The molecule has 0 aliphatic heterocycles. The van der Waals surface area contributed by atoms with Crippen LogP contribution in [0.2, 0.25) is 0 Å². The first kappa shape index (κ1) is 16.1. The molecule has 1 heterocycles. The molecular weight excluding hydrogens is 330 g/mol. The molecule has 0 unspecified atom stereocenters. The fourth-order valence-electron chi connectivity index (χ4n) is 2.23. The number of fused-ring (bicyclic) bond motifs is 1. The average Bonchev–Trinajstić information content (AvgIpc) is 2.93. The summed E-state index contributed by atoms with van der Waals surface area (Å²) in [6.45, 7) is 2.62. The maximum Gasteiger partial charge on any atom is 0.323 e. The topological polar surface area (TPSA) is 104 Å². The summed E-state index contributed by atoms with van der Waals surface area (Å²) in [5.74, 6) is 0.686. The highest BCUT2D eigenvalue weighted by atomic mass is 32.2. The lowest BCUT2D eigenvalue weighted by Gasteiger charge is -2.09. The first-order chi connectivity index (χ1) is 11.5. The number of sulfonamides is 1. The Balaban J connectivity index is 1.82. The van der Waals surface area contributed by atoms with Crippen LogP contribution in [0.15, 0.2) is 52.2 Å². The molecule has 0 saturated carbocycles. The van der Waals surface area contributed by atoms with E-state index in [2.05, 4.69) is 14.7 Å². The molecule has 0 saturated heterocycles. The van der Waals surface area contributed by atoms with Gasteiger partial charge in [0.15, 0.2) is 0 Å². The van der Waals surface area contributed by atoms with E-state index in [9.17, 15) is 13.2 Å². The van der Waals surface area contributed by atoms with Crippen LogP contribution in [0.4, 0.5) is 5.69 Å². The first-order valence-electron chi connectivity index (χ1n) is 7.46. The van der Waals surface area contributed by atoms with E-state index in [1.165, 1.54) is 12.1 Å². The van der Waals surface area contributed by atoms with Gasteiger partial charge in [-0.05, 0) is 48.9 Å². The van der Waals surface area contributed by atoms with Crippen LogP contribution in [0.25, 0.3) is 11.0 Å². The number of hydrogen-bond acceptors (Lipinski definition) is 4. The summed E-state index contributed by atoms with van der Waals surface area (Å²) >= 11 is 0. The van der Waals surface area contributed by atoms with Crippen molar-refractivity contribution in [2.24, 2.45) is 0 Å².